The fourth-order valence-electron chi connectivity index (χ4n) is 1.94. The summed E-state index contributed by atoms with van der Waals surface area (Å²) in [5, 5.41) is 2.33. The van der Waals surface area contributed by atoms with Crippen LogP contribution >= 0.6 is 11.8 Å². The lowest BCUT2D eigenvalue weighted by Crippen LogP contribution is -2.16. The third-order valence-electron chi connectivity index (χ3n) is 3.22. The van der Waals surface area contributed by atoms with Gasteiger partial charge >= 0.3 is 0 Å². The van der Waals surface area contributed by atoms with Gasteiger partial charge in [0.1, 0.15) is 11.6 Å². The van der Waals surface area contributed by atoms with Gasteiger partial charge in [0.25, 0.3) is 0 Å². The molecular weight excluding hydrogens is 350 g/mol. The number of hydrogen-bond acceptors (Lipinski definition) is 4. The lowest BCUT2D eigenvalue weighted by atomic mass is 10.1. The first-order chi connectivity index (χ1) is 11.8. The van der Waals surface area contributed by atoms with Crippen LogP contribution in [0.2, 0.25) is 0 Å². The first-order valence-corrected chi connectivity index (χ1v) is 8.09. The fraction of sp³-hybridized carbons (Fsp3) is 0.118. The molecule has 5 nitrogen and oxygen atoms in total. The van der Waals surface area contributed by atoms with Crippen molar-refractivity contribution in [3.8, 4) is 0 Å². The van der Waals surface area contributed by atoms with Crippen LogP contribution in [-0.4, -0.2) is 23.4 Å². The van der Waals surface area contributed by atoms with Crippen molar-refractivity contribution in [2.75, 3.05) is 11.1 Å². The molecule has 0 fully saturated rings. The summed E-state index contributed by atoms with van der Waals surface area (Å²) < 4.78 is 27.7. The molecule has 0 saturated heterocycles. The lowest BCUT2D eigenvalue weighted by molar-refractivity contribution is -0.113. The minimum Gasteiger partial charge on any atom is -0.366 e. The number of nitrogens with two attached hydrogens (primary N) is 1. The van der Waals surface area contributed by atoms with Crippen molar-refractivity contribution in [3.63, 3.8) is 0 Å². The van der Waals surface area contributed by atoms with E-state index in [9.17, 15) is 23.2 Å². The van der Waals surface area contributed by atoms with E-state index in [-0.39, 0.29) is 33.2 Å². The molecule has 0 unspecified atom stereocenters. The molecule has 0 aromatic heterocycles. The summed E-state index contributed by atoms with van der Waals surface area (Å²) in [5.74, 6) is -3.16. The summed E-state index contributed by atoms with van der Waals surface area (Å²) in [6.07, 6.45) is 0. The fourth-order valence-corrected chi connectivity index (χ4v) is 2.66. The summed E-state index contributed by atoms with van der Waals surface area (Å²) in [6.45, 7) is 1.33. The van der Waals surface area contributed by atoms with Crippen LogP contribution in [0, 0.1) is 11.6 Å². The average Bonchev–Trinajstić information content (AvgIpc) is 2.55. The Morgan fingerprint density at radius 3 is 2.24 bits per heavy atom. The van der Waals surface area contributed by atoms with Crippen LogP contribution < -0.4 is 11.1 Å². The SMILES string of the molecule is CC(=O)c1ccc(SCC(=O)Nc2ccc(C(N)=O)cc2F)c(F)c1. The largest absolute Gasteiger partial charge is 0.366 e. The topological polar surface area (TPSA) is 89.3 Å². The van der Waals surface area contributed by atoms with E-state index >= 15 is 0 Å². The summed E-state index contributed by atoms with van der Waals surface area (Å²) in [6, 6.07) is 7.41. The maximum absolute atomic E-state index is 13.9. The van der Waals surface area contributed by atoms with Gasteiger partial charge in [0, 0.05) is 16.0 Å². The van der Waals surface area contributed by atoms with Crippen LogP contribution in [-0.2, 0) is 4.79 Å². The van der Waals surface area contributed by atoms with Crippen LogP contribution in [0.4, 0.5) is 14.5 Å². The molecule has 3 N–H and O–H groups in total. The standard InChI is InChI=1S/C17H14F2N2O3S/c1-9(22)10-3-5-15(13(19)6-10)25-8-16(23)21-14-4-2-11(17(20)24)7-12(14)18/h2-7H,8H2,1H3,(H2,20,24)(H,21,23). The van der Waals surface area contributed by atoms with Crippen molar-refractivity contribution in [2.45, 2.75) is 11.8 Å². The van der Waals surface area contributed by atoms with Crippen molar-refractivity contribution in [1.82, 2.24) is 0 Å². The number of Topliss-reactive ketones (excluding diaryl/α,β-unsaturated/α-hetero) is 1. The maximum atomic E-state index is 13.9. The number of carbonyl (C=O) groups excluding carboxylic acids is 3. The van der Waals surface area contributed by atoms with E-state index in [0.717, 1.165) is 23.9 Å². The van der Waals surface area contributed by atoms with Gasteiger partial charge in [-0.1, -0.05) is 6.07 Å². The molecule has 0 aliphatic carbocycles. The third kappa shape index (κ3) is 4.87. The number of amides is 2. The third-order valence-corrected chi connectivity index (χ3v) is 4.27. The van der Waals surface area contributed by atoms with Gasteiger partial charge in [0.2, 0.25) is 11.8 Å². The quantitative estimate of drug-likeness (QED) is 0.609. The van der Waals surface area contributed by atoms with Crippen molar-refractivity contribution in [2.24, 2.45) is 5.73 Å². The van der Waals surface area contributed by atoms with Crippen LogP contribution in [0.3, 0.4) is 0 Å². The highest BCUT2D eigenvalue weighted by molar-refractivity contribution is 8.00. The smallest absolute Gasteiger partial charge is 0.248 e. The highest BCUT2D eigenvalue weighted by atomic mass is 32.2. The van der Waals surface area contributed by atoms with Crippen LogP contribution in [0.1, 0.15) is 27.6 Å². The summed E-state index contributed by atoms with van der Waals surface area (Å²) in [4.78, 5) is 34.2. The molecule has 0 spiro atoms. The maximum Gasteiger partial charge on any atom is 0.248 e. The van der Waals surface area contributed by atoms with Crippen molar-refractivity contribution < 1.29 is 23.2 Å². The molecular formula is C17H14F2N2O3S. The van der Waals surface area contributed by atoms with E-state index in [1.807, 2.05) is 0 Å². The molecule has 130 valence electrons. The second kappa shape index (κ2) is 7.89. The molecule has 25 heavy (non-hydrogen) atoms. The number of nitrogens with one attached hydrogen (secondary N) is 1. The van der Waals surface area contributed by atoms with Gasteiger partial charge in [0.05, 0.1) is 11.4 Å². The molecule has 0 heterocycles. The molecule has 0 aliphatic rings. The van der Waals surface area contributed by atoms with Crippen molar-refractivity contribution >= 4 is 35.0 Å². The summed E-state index contributed by atoms with van der Waals surface area (Å²) in [7, 11) is 0. The summed E-state index contributed by atoms with van der Waals surface area (Å²) >= 11 is 0.914. The molecule has 2 aromatic carbocycles. The molecule has 2 rings (SSSR count). The molecule has 0 bridgehead atoms. The normalized spacial score (nSPS) is 10.4. The number of hydrogen-bond donors (Lipinski definition) is 2. The summed E-state index contributed by atoms with van der Waals surface area (Å²) in [5.41, 5.74) is 5.15. The number of primary amides is 1. The minimum atomic E-state index is -0.799. The zero-order valence-electron chi connectivity index (χ0n) is 13.1. The molecule has 0 saturated carbocycles. The number of ketones is 1. The molecule has 0 radical (unpaired) electrons. The number of halogens is 2. The predicted octanol–water partition coefficient (Wildman–Crippen LogP) is 3.00. The number of thioether (sulfide) groups is 1. The monoisotopic (exact) mass is 364 g/mol. The van der Waals surface area contributed by atoms with Gasteiger partial charge in [-0.05, 0) is 37.3 Å². The van der Waals surface area contributed by atoms with E-state index in [0.29, 0.717) is 0 Å². The molecule has 8 heteroatoms. The van der Waals surface area contributed by atoms with E-state index < -0.39 is 23.4 Å². The first kappa shape index (κ1) is 18.6. The van der Waals surface area contributed by atoms with Gasteiger partial charge in [-0.2, -0.15) is 0 Å². The van der Waals surface area contributed by atoms with E-state index in [1.54, 1.807) is 0 Å². The Kier molecular flexibility index (Phi) is 5.87. The second-order valence-corrected chi connectivity index (χ2v) is 6.11. The number of carbonyl (C=O) groups is 3. The van der Waals surface area contributed by atoms with Gasteiger partial charge in [-0.3, -0.25) is 14.4 Å². The Labute approximate surface area is 146 Å². The molecule has 2 aromatic rings. The predicted molar refractivity (Wildman–Crippen MR) is 90.7 cm³/mol. The number of benzene rings is 2. The Morgan fingerprint density at radius 1 is 1.04 bits per heavy atom. The lowest BCUT2D eigenvalue weighted by Gasteiger charge is -2.08. The van der Waals surface area contributed by atoms with Crippen LogP contribution in [0.15, 0.2) is 41.3 Å². The zero-order chi connectivity index (χ0) is 18.6. The second-order valence-electron chi connectivity index (χ2n) is 5.10. The van der Waals surface area contributed by atoms with Crippen LogP contribution in [0.5, 0.6) is 0 Å². The Bertz CT molecular complexity index is 856. The number of rotatable bonds is 6. The molecule has 0 atom stereocenters. The average molecular weight is 364 g/mol. The first-order valence-electron chi connectivity index (χ1n) is 7.10. The van der Waals surface area contributed by atoms with Gasteiger partial charge < -0.3 is 11.1 Å². The molecule has 2 amide bonds. The van der Waals surface area contributed by atoms with Gasteiger partial charge in [-0.15, -0.1) is 11.8 Å². The van der Waals surface area contributed by atoms with Gasteiger partial charge in [0.15, 0.2) is 5.78 Å². The van der Waals surface area contributed by atoms with Crippen molar-refractivity contribution in [1.29, 1.82) is 0 Å². The van der Waals surface area contributed by atoms with Crippen molar-refractivity contribution in [3.05, 3.63) is 59.2 Å². The highest BCUT2D eigenvalue weighted by Crippen LogP contribution is 2.23. The van der Waals surface area contributed by atoms with E-state index in [4.69, 9.17) is 5.73 Å². The Balaban J connectivity index is 1.99. The van der Waals surface area contributed by atoms with Gasteiger partial charge in [-0.25, -0.2) is 8.78 Å². The Morgan fingerprint density at radius 2 is 1.68 bits per heavy atom. The van der Waals surface area contributed by atoms with E-state index in [2.05, 4.69) is 5.32 Å². The zero-order valence-corrected chi connectivity index (χ0v) is 14.0. The minimum absolute atomic E-state index is 0.0162. The number of anilines is 1. The van der Waals surface area contributed by atoms with Crippen LogP contribution in [0.25, 0.3) is 0 Å². The highest BCUT2D eigenvalue weighted by Gasteiger charge is 2.12. The Hall–Kier alpha value is -2.74. The molecule has 0 aliphatic heterocycles. The van der Waals surface area contributed by atoms with E-state index in [1.165, 1.54) is 31.2 Å².